The van der Waals surface area contributed by atoms with Crippen molar-refractivity contribution in [1.82, 2.24) is 0 Å². The molecule has 0 amide bonds. The molecule has 1 aromatic rings. The van der Waals surface area contributed by atoms with E-state index in [0.717, 1.165) is 18.7 Å². The van der Waals surface area contributed by atoms with Gasteiger partial charge in [-0.2, -0.15) is 0 Å². The zero-order valence-electron chi connectivity index (χ0n) is 10.8. The number of carbonyl (C=O) groups is 1. The lowest BCUT2D eigenvalue weighted by molar-refractivity contribution is -0.149. The van der Waals surface area contributed by atoms with Gasteiger partial charge in [-0.05, 0) is 37.5 Å². The van der Waals surface area contributed by atoms with Gasteiger partial charge in [0.2, 0.25) is 0 Å². The topological polar surface area (TPSA) is 49.8 Å². The third-order valence-corrected chi connectivity index (χ3v) is 3.30. The lowest BCUT2D eigenvalue weighted by atomic mass is 10.1. The Balaban J connectivity index is 1.92. The SMILES string of the molecule is Cc1cccc(N(C)CC2CCC(C(=O)O)O2)c1. The maximum atomic E-state index is 10.8. The fraction of sp³-hybridized carbons (Fsp3) is 0.500. The number of anilines is 1. The van der Waals surface area contributed by atoms with E-state index < -0.39 is 12.1 Å². The number of aliphatic carboxylic acids is 1. The third-order valence-electron chi connectivity index (χ3n) is 3.30. The number of likely N-dealkylation sites (N-methyl/N-ethyl adjacent to an activating group) is 1. The highest BCUT2D eigenvalue weighted by molar-refractivity contribution is 5.72. The Morgan fingerprint density at radius 2 is 2.28 bits per heavy atom. The second-order valence-electron chi connectivity index (χ2n) is 4.88. The quantitative estimate of drug-likeness (QED) is 0.887. The van der Waals surface area contributed by atoms with Gasteiger partial charge in [-0.3, -0.25) is 0 Å². The molecule has 1 saturated heterocycles. The number of carboxylic acids is 1. The molecule has 1 aliphatic rings. The lowest BCUT2D eigenvalue weighted by Crippen LogP contribution is -2.30. The van der Waals surface area contributed by atoms with Gasteiger partial charge < -0.3 is 14.7 Å². The van der Waals surface area contributed by atoms with Crippen LogP contribution in [0.5, 0.6) is 0 Å². The third kappa shape index (κ3) is 3.01. The Morgan fingerprint density at radius 1 is 1.50 bits per heavy atom. The predicted octanol–water partition coefficient (Wildman–Crippen LogP) is 2.06. The smallest absolute Gasteiger partial charge is 0.332 e. The van der Waals surface area contributed by atoms with Crippen molar-refractivity contribution >= 4 is 11.7 Å². The minimum Gasteiger partial charge on any atom is -0.479 e. The van der Waals surface area contributed by atoms with Gasteiger partial charge in [0.15, 0.2) is 6.10 Å². The molecule has 0 aliphatic carbocycles. The average molecular weight is 249 g/mol. The number of rotatable bonds is 4. The molecule has 1 N–H and O–H groups in total. The van der Waals surface area contributed by atoms with Crippen LogP contribution in [-0.4, -0.2) is 36.9 Å². The van der Waals surface area contributed by atoms with Crippen LogP contribution >= 0.6 is 0 Å². The Labute approximate surface area is 107 Å². The molecule has 2 unspecified atom stereocenters. The maximum Gasteiger partial charge on any atom is 0.332 e. The van der Waals surface area contributed by atoms with E-state index in [1.165, 1.54) is 5.56 Å². The largest absolute Gasteiger partial charge is 0.479 e. The molecule has 0 radical (unpaired) electrons. The molecular formula is C14H19NO3. The standard InChI is InChI=1S/C14H19NO3/c1-10-4-3-5-11(8-10)15(2)9-12-6-7-13(18-12)14(16)17/h3-5,8,12-13H,6-7,9H2,1-2H3,(H,16,17). The van der Waals surface area contributed by atoms with Crippen LogP contribution in [0, 0.1) is 6.92 Å². The molecule has 1 aliphatic heterocycles. The minimum absolute atomic E-state index is 0.0108. The van der Waals surface area contributed by atoms with Crippen LogP contribution in [0.15, 0.2) is 24.3 Å². The monoisotopic (exact) mass is 249 g/mol. The summed E-state index contributed by atoms with van der Waals surface area (Å²) in [5, 5.41) is 8.88. The van der Waals surface area contributed by atoms with Gasteiger partial charge >= 0.3 is 5.97 Å². The summed E-state index contributed by atoms with van der Waals surface area (Å²) in [5.41, 5.74) is 2.35. The molecule has 0 aromatic heterocycles. The summed E-state index contributed by atoms with van der Waals surface area (Å²) >= 11 is 0. The van der Waals surface area contributed by atoms with Crippen LogP contribution in [0.1, 0.15) is 18.4 Å². The first kappa shape index (κ1) is 12.9. The summed E-state index contributed by atoms with van der Waals surface area (Å²) in [7, 11) is 2.01. The number of hydrogen-bond donors (Lipinski definition) is 1. The lowest BCUT2D eigenvalue weighted by Gasteiger charge is -2.23. The summed E-state index contributed by atoms with van der Waals surface area (Å²) in [6, 6.07) is 8.25. The summed E-state index contributed by atoms with van der Waals surface area (Å²) < 4.78 is 5.50. The molecule has 0 spiro atoms. The fourth-order valence-corrected chi connectivity index (χ4v) is 2.30. The molecule has 0 saturated carbocycles. The van der Waals surface area contributed by atoms with Gasteiger partial charge in [0.25, 0.3) is 0 Å². The van der Waals surface area contributed by atoms with E-state index in [4.69, 9.17) is 9.84 Å². The van der Waals surface area contributed by atoms with E-state index in [9.17, 15) is 4.79 Å². The van der Waals surface area contributed by atoms with Gasteiger partial charge in [-0.25, -0.2) is 4.79 Å². The van der Waals surface area contributed by atoms with Crippen molar-refractivity contribution in [2.75, 3.05) is 18.5 Å². The Bertz CT molecular complexity index is 433. The molecule has 2 atom stereocenters. The molecule has 98 valence electrons. The highest BCUT2D eigenvalue weighted by Crippen LogP contribution is 2.22. The van der Waals surface area contributed by atoms with Gasteiger partial charge in [0.05, 0.1) is 6.10 Å². The van der Waals surface area contributed by atoms with Gasteiger partial charge in [-0.1, -0.05) is 12.1 Å². The number of aryl methyl sites for hydroxylation is 1. The first-order chi connectivity index (χ1) is 8.56. The summed E-state index contributed by atoms with van der Waals surface area (Å²) in [5.74, 6) is -0.851. The van der Waals surface area contributed by atoms with E-state index >= 15 is 0 Å². The molecule has 1 aromatic carbocycles. The number of hydrogen-bond acceptors (Lipinski definition) is 3. The van der Waals surface area contributed by atoms with Crippen LogP contribution in [0.3, 0.4) is 0 Å². The van der Waals surface area contributed by atoms with Crippen LogP contribution in [0.25, 0.3) is 0 Å². The van der Waals surface area contributed by atoms with Crippen molar-refractivity contribution in [3.8, 4) is 0 Å². The molecule has 0 bridgehead atoms. The zero-order chi connectivity index (χ0) is 13.1. The Kier molecular flexibility index (Phi) is 3.87. The molecule has 1 fully saturated rings. The average Bonchev–Trinajstić information content (AvgIpc) is 2.77. The highest BCUT2D eigenvalue weighted by Gasteiger charge is 2.30. The fourth-order valence-electron chi connectivity index (χ4n) is 2.30. The van der Waals surface area contributed by atoms with Crippen molar-refractivity contribution in [3.05, 3.63) is 29.8 Å². The minimum atomic E-state index is -0.851. The van der Waals surface area contributed by atoms with Crippen molar-refractivity contribution in [2.45, 2.75) is 32.0 Å². The Hall–Kier alpha value is -1.55. The van der Waals surface area contributed by atoms with E-state index in [2.05, 4.69) is 30.0 Å². The second-order valence-corrected chi connectivity index (χ2v) is 4.88. The number of carboxylic acid groups (broad SMARTS) is 1. The van der Waals surface area contributed by atoms with Gasteiger partial charge in [0.1, 0.15) is 0 Å². The van der Waals surface area contributed by atoms with Gasteiger partial charge in [0, 0.05) is 19.3 Å². The maximum absolute atomic E-state index is 10.8. The number of ether oxygens (including phenoxy) is 1. The molecule has 1 heterocycles. The molecule has 4 nitrogen and oxygen atoms in total. The summed E-state index contributed by atoms with van der Waals surface area (Å²) in [6.07, 6.45) is 0.812. The molecule has 2 rings (SSSR count). The van der Waals surface area contributed by atoms with E-state index in [0.29, 0.717) is 6.42 Å². The van der Waals surface area contributed by atoms with Crippen LogP contribution in [0.2, 0.25) is 0 Å². The zero-order valence-corrected chi connectivity index (χ0v) is 10.8. The Morgan fingerprint density at radius 3 is 2.89 bits per heavy atom. The van der Waals surface area contributed by atoms with Crippen molar-refractivity contribution in [1.29, 1.82) is 0 Å². The number of nitrogens with zero attached hydrogens (tertiary/aromatic N) is 1. The van der Waals surface area contributed by atoms with Crippen LogP contribution in [-0.2, 0) is 9.53 Å². The van der Waals surface area contributed by atoms with E-state index in [-0.39, 0.29) is 6.10 Å². The normalized spacial score (nSPS) is 23.0. The van der Waals surface area contributed by atoms with Crippen molar-refractivity contribution in [2.24, 2.45) is 0 Å². The van der Waals surface area contributed by atoms with Crippen LogP contribution < -0.4 is 4.90 Å². The molecule has 18 heavy (non-hydrogen) atoms. The molecular weight excluding hydrogens is 230 g/mol. The molecule has 4 heteroatoms. The van der Waals surface area contributed by atoms with Gasteiger partial charge in [-0.15, -0.1) is 0 Å². The number of benzene rings is 1. The van der Waals surface area contributed by atoms with Crippen LogP contribution in [0.4, 0.5) is 5.69 Å². The predicted molar refractivity (Wildman–Crippen MR) is 70.0 cm³/mol. The first-order valence-electron chi connectivity index (χ1n) is 6.22. The second kappa shape index (κ2) is 5.40. The van der Waals surface area contributed by atoms with E-state index in [1.54, 1.807) is 0 Å². The van der Waals surface area contributed by atoms with Crippen molar-refractivity contribution in [3.63, 3.8) is 0 Å². The van der Waals surface area contributed by atoms with E-state index in [1.807, 2.05) is 13.1 Å². The summed E-state index contributed by atoms with van der Waals surface area (Å²) in [4.78, 5) is 12.9. The van der Waals surface area contributed by atoms with Crippen molar-refractivity contribution < 1.29 is 14.6 Å². The first-order valence-corrected chi connectivity index (χ1v) is 6.22. The highest BCUT2D eigenvalue weighted by atomic mass is 16.5. The summed E-state index contributed by atoms with van der Waals surface area (Å²) in [6.45, 7) is 2.79.